The molecule has 2 aromatic rings. The Kier molecular flexibility index (Phi) is 5.20. The summed E-state index contributed by atoms with van der Waals surface area (Å²) in [7, 11) is 0. The van der Waals surface area contributed by atoms with Crippen LogP contribution in [-0.4, -0.2) is 52.2 Å². The lowest BCUT2D eigenvalue weighted by atomic mass is 9.98. The summed E-state index contributed by atoms with van der Waals surface area (Å²) in [5.41, 5.74) is 3.50. The van der Waals surface area contributed by atoms with Crippen molar-refractivity contribution in [2.45, 2.75) is 39.5 Å². The van der Waals surface area contributed by atoms with E-state index in [4.69, 9.17) is 9.26 Å². The molecule has 0 radical (unpaired) electrons. The molecule has 7 heteroatoms. The van der Waals surface area contributed by atoms with Gasteiger partial charge in [-0.05, 0) is 45.4 Å². The van der Waals surface area contributed by atoms with Crippen molar-refractivity contribution in [3.63, 3.8) is 0 Å². The molecule has 0 aromatic carbocycles. The molecule has 2 fully saturated rings. The number of aryl methyl sites for hydroxylation is 2. The van der Waals surface area contributed by atoms with E-state index in [1.165, 1.54) is 0 Å². The molecule has 0 saturated carbocycles. The van der Waals surface area contributed by atoms with Crippen LogP contribution in [-0.2, 0) is 16.0 Å². The standard InChI is InChI=1S/C20H26N4O3/c1-13-19(14(2)27-23-13)18-11-21-17(10-22-18)9-15-3-6-24(12-15)20(25)16-4-7-26-8-5-16/h10-11,15-16H,3-9,12H2,1-2H3. The average molecular weight is 370 g/mol. The van der Waals surface area contributed by atoms with Crippen molar-refractivity contribution >= 4 is 5.91 Å². The van der Waals surface area contributed by atoms with Crippen molar-refractivity contribution < 1.29 is 14.1 Å². The normalized spacial score (nSPS) is 21.0. The highest BCUT2D eigenvalue weighted by atomic mass is 16.5. The number of carbonyl (C=O) groups is 1. The van der Waals surface area contributed by atoms with Crippen LogP contribution in [0.5, 0.6) is 0 Å². The van der Waals surface area contributed by atoms with Crippen LogP contribution in [0, 0.1) is 25.7 Å². The molecule has 1 atom stereocenters. The molecule has 0 bridgehead atoms. The van der Waals surface area contributed by atoms with E-state index in [1.54, 1.807) is 6.20 Å². The molecule has 144 valence electrons. The smallest absolute Gasteiger partial charge is 0.225 e. The van der Waals surface area contributed by atoms with E-state index in [0.29, 0.717) is 25.0 Å². The van der Waals surface area contributed by atoms with Gasteiger partial charge in [0.1, 0.15) is 5.76 Å². The number of hydrogen-bond acceptors (Lipinski definition) is 6. The molecule has 1 unspecified atom stereocenters. The highest BCUT2D eigenvalue weighted by molar-refractivity contribution is 5.79. The van der Waals surface area contributed by atoms with E-state index < -0.39 is 0 Å². The number of hydrogen-bond donors (Lipinski definition) is 0. The number of aromatic nitrogens is 3. The second-order valence-electron chi connectivity index (χ2n) is 7.62. The summed E-state index contributed by atoms with van der Waals surface area (Å²) >= 11 is 0. The molecule has 2 aliphatic heterocycles. The van der Waals surface area contributed by atoms with Crippen LogP contribution in [0.2, 0.25) is 0 Å². The lowest BCUT2D eigenvalue weighted by Gasteiger charge is -2.26. The number of rotatable bonds is 4. The van der Waals surface area contributed by atoms with E-state index in [0.717, 1.165) is 67.2 Å². The Morgan fingerprint density at radius 3 is 2.67 bits per heavy atom. The molecular weight excluding hydrogens is 344 g/mol. The lowest BCUT2D eigenvalue weighted by molar-refractivity contribution is -0.137. The van der Waals surface area contributed by atoms with Gasteiger partial charge in [-0.2, -0.15) is 0 Å². The van der Waals surface area contributed by atoms with E-state index in [1.807, 2.05) is 24.9 Å². The van der Waals surface area contributed by atoms with Crippen molar-refractivity contribution in [1.29, 1.82) is 0 Å². The number of carbonyl (C=O) groups excluding carboxylic acids is 1. The fraction of sp³-hybridized carbons (Fsp3) is 0.600. The Hall–Kier alpha value is -2.28. The summed E-state index contributed by atoms with van der Waals surface area (Å²) in [6.45, 7) is 6.88. The third-order valence-electron chi connectivity index (χ3n) is 5.66. The van der Waals surface area contributed by atoms with Crippen molar-refractivity contribution in [3.8, 4) is 11.3 Å². The minimum Gasteiger partial charge on any atom is -0.381 e. The molecule has 0 aliphatic carbocycles. The van der Waals surface area contributed by atoms with Crippen LogP contribution in [0.1, 0.15) is 36.4 Å². The van der Waals surface area contributed by atoms with Crippen molar-refractivity contribution in [3.05, 3.63) is 29.5 Å². The zero-order chi connectivity index (χ0) is 18.8. The monoisotopic (exact) mass is 370 g/mol. The first-order valence-electron chi connectivity index (χ1n) is 9.72. The molecule has 7 nitrogen and oxygen atoms in total. The quantitative estimate of drug-likeness (QED) is 0.823. The van der Waals surface area contributed by atoms with Gasteiger partial charge in [0.2, 0.25) is 5.91 Å². The second kappa shape index (κ2) is 7.76. The molecule has 4 rings (SSSR count). The van der Waals surface area contributed by atoms with Crippen molar-refractivity contribution in [1.82, 2.24) is 20.0 Å². The minimum absolute atomic E-state index is 0.145. The zero-order valence-electron chi connectivity index (χ0n) is 16.0. The predicted molar refractivity (Wildman–Crippen MR) is 98.9 cm³/mol. The Labute approximate surface area is 159 Å². The largest absolute Gasteiger partial charge is 0.381 e. The van der Waals surface area contributed by atoms with Crippen LogP contribution in [0.3, 0.4) is 0 Å². The van der Waals surface area contributed by atoms with Gasteiger partial charge < -0.3 is 14.2 Å². The zero-order valence-corrected chi connectivity index (χ0v) is 16.0. The van der Waals surface area contributed by atoms with Gasteiger partial charge in [0.05, 0.1) is 28.8 Å². The molecule has 0 spiro atoms. The van der Waals surface area contributed by atoms with E-state index in [9.17, 15) is 4.79 Å². The Morgan fingerprint density at radius 2 is 2.00 bits per heavy atom. The van der Waals surface area contributed by atoms with Gasteiger partial charge in [0.15, 0.2) is 0 Å². The van der Waals surface area contributed by atoms with Gasteiger partial charge in [-0.3, -0.25) is 14.8 Å². The molecule has 2 saturated heterocycles. The van der Waals surface area contributed by atoms with E-state index in [2.05, 4.69) is 15.1 Å². The van der Waals surface area contributed by atoms with Gasteiger partial charge in [0.25, 0.3) is 0 Å². The summed E-state index contributed by atoms with van der Waals surface area (Å²) < 4.78 is 10.6. The Bertz CT molecular complexity index is 777. The predicted octanol–water partition coefficient (Wildman–Crippen LogP) is 2.57. The van der Waals surface area contributed by atoms with Gasteiger partial charge in [-0.25, -0.2) is 0 Å². The van der Waals surface area contributed by atoms with E-state index in [-0.39, 0.29) is 5.92 Å². The number of ether oxygens (including phenoxy) is 1. The van der Waals surface area contributed by atoms with Gasteiger partial charge in [0, 0.05) is 38.4 Å². The van der Waals surface area contributed by atoms with Crippen LogP contribution in [0.15, 0.2) is 16.9 Å². The number of amides is 1. The topological polar surface area (TPSA) is 81.4 Å². The molecule has 1 amide bonds. The molecule has 2 aliphatic rings. The minimum atomic E-state index is 0.145. The SMILES string of the molecule is Cc1noc(C)c1-c1cnc(CC2CCN(C(=O)C3CCOCC3)C2)cn1. The highest BCUT2D eigenvalue weighted by Gasteiger charge is 2.32. The summed E-state index contributed by atoms with van der Waals surface area (Å²) in [5.74, 6) is 1.66. The van der Waals surface area contributed by atoms with Crippen molar-refractivity contribution in [2.24, 2.45) is 11.8 Å². The van der Waals surface area contributed by atoms with Crippen molar-refractivity contribution in [2.75, 3.05) is 26.3 Å². The third kappa shape index (κ3) is 3.88. The first kappa shape index (κ1) is 18.1. The van der Waals surface area contributed by atoms with Crippen LogP contribution >= 0.6 is 0 Å². The molecular formula is C20H26N4O3. The molecule has 4 heterocycles. The summed E-state index contributed by atoms with van der Waals surface area (Å²) in [4.78, 5) is 23.8. The Morgan fingerprint density at radius 1 is 1.19 bits per heavy atom. The van der Waals surface area contributed by atoms with Crippen LogP contribution < -0.4 is 0 Å². The summed E-state index contributed by atoms with van der Waals surface area (Å²) in [6, 6.07) is 0. The summed E-state index contributed by atoms with van der Waals surface area (Å²) in [5, 5.41) is 3.97. The highest BCUT2D eigenvalue weighted by Crippen LogP contribution is 2.27. The molecule has 27 heavy (non-hydrogen) atoms. The van der Waals surface area contributed by atoms with Crippen LogP contribution in [0.25, 0.3) is 11.3 Å². The average Bonchev–Trinajstić information content (AvgIpc) is 3.29. The maximum atomic E-state index is 12.7. The fourth-order valence-electron chi connectivity index (χ4n) is 4.14. The second-order valence-corrected chi connectivity index (χ2v) is 7.62. The van der Waals surface area contributed by atoms with Crippen LogP contribution in [0.4, 0.5) is 0 Å². The first-order chi connectivity index (χ1) is 13.1. The number of nitrogens with zero attached hydrogens (tertiary/aromatic N) is 4. The first-order valence-corrected chi connectivity index (χ1v) is 9.72. The summed E-state index contributed by atoms with van der Waals surface area (Å²) in [6.07, 6.45) is 7.23. The lowest BCUT2D eigenvalue weighted by Crippen LogP contribution is -2.37. The molecule has 0 N–H and O–H groups in total. The van der Waals surface area contributed by atoms with E-state index >= 15 is 0 Å². The van der Waals surface area contributed by atoms with Gasteiger partial charge in [-0.15, -0.1) is 0 Å². The van der Waals surface area contributed by atoms with Gasteiger partial charge in [-0.1, -0.05) is 5.16 Å². The Balaban J connectivity index is 1.35. The van der Waals surface area contributed by atoms with Gasteiger partial charge >= 0.3 is 0 Å². The maximum Gasteiger partial charge on any atom is 0.225 e. The number of likely N-dealkylation sites (tertiary alicyclic amines) is 1. The maximum absolute atomic E-state index is 12.7. The molecule has 2 aromatic heterocycles. The third-order valence-corrected chi connectivity index (χ3v) is 5.66. The fourth-order valence-corrected chi connectivity index (χ4v) is 4.14.